The summed E-state index contributed by atoms with van der Waals surface area (Å²) in [5.74, 6) is -0.561. The molecule has 10 nitrogen and oxygen atoms in total. The smallest absolute Gasteiger partial charge is 0.336 e. The molecule has 1 aromatic heterocycles. The molecular formula is C18H21O10-. The Bertz CT molecular complexity index is 870. The van der Waals surface area contributed by atoms with Crippen molar-refractivity contribution in [2.45, 2.75) is 37.6 Å². The van der Waals surface area contributed by atoms with E-state index in [4.69, 9.17) is 19.0 Å². The van der Waals surface area contributed by atoms with Crippen LogP contribution in [0, 0.1) is 0 Å². The summed E-state index contributed by atoms with van der Waals surface area (Å²) in [6, 6.07) is 5.17. The van der Waals surface area contributed by atoms with Gasteiger partial charge in [0, 0.05) is 17.5 Å². The zero-order valence-electron chi connectivity index (χ0n) is 14.9. The van der Waals surface area contributed by atoms with Gasteiger partial charge in [0.05, 0.1) is 6.61 Å². The van der Waals surface area contributed by atoms with Gasteiger partial charge in [0.1, 0.15) is 30.0 Å². The van der Waals surface area contributed by atoms with Gasteiger partial charge in [-0.3, -0.25) is 0 Å². The number of ether oxygens (including phenoxy) is 2. The number of fused-ring (bicyclic) bond motifs is 1. The van der Waals surface area contributed by atoms with E-state index >= 15 is 0 Å². The molecule has 2 heterocycles. The van der Waals surface area contributed by atoms with Crippen LogP contribution >= 0.6 is 0 Å². The van der Waals surface area contributed by atoms with E-state index in [1.165, 1.54) is 25.1 Å². The SMILES string of the molecule is C=C(C)[O-].O=c1ccc2cc(O[C@@H]3O[C@H](CO)[C@@H](O)[C@H](O)[C@H]3O)c(O)cc2o1. The standard InChI is InChI=1S/C15H16O9.C3H6O/c16-5-10-12(19)13(20)14(21)15(24-10)23-9-3-6-1-2-11(18)22-8(6)4-7(9)17;1-3(2)4/h1-4,10,12-17,19-21H,5H2;4H,1H2,2H3/p-1/t10-,12-,13+,14-,15-;/m1./s1. The molecule has 154 valence electrons. The average Bonchev–Trinajstić information content (AvgIpc) is 2.62. The van der Waals surface area contributed by atoms with Gasteiger partial charge < -0.3 is 44.5 Å². The minimum absolute atomic E-state index is 0.0833. The van der Waals surface area contributed by atoms with Gasteiger partial charge in [-0.1, -0.05) is 6.92 Å². The summed E-state index contributed by atoms with van der Waals surface area (Å²) in [6.45, 7) is 3.82. The van der Waals surface area contributed by atoms with E-state index in [1.807, 2.05) is 0 Å². The maximum atomic E-state index is 11.2. The van der Waals surface area contributed by atoms with E-state index < -0.39 is 42.9 Å². The largest absolute Gasteiger partial charge is 0.876 e. The number of hydrogen-bond donors (Lipinski definition) is 5. The van der Waals surface area contributed by atoms with Crippen molar-refractivity contribution in [3.8, 4) is 11.5 Å². The van der Waals surface area contributed by atoms with E-state index in [2.05, 4.69) is 6.58 Å². The Morgan fingerprint density at radius 3 is 2.46 bits per heavy atom. The van der Waals surface area contributed by atoms with Gasteiger partial charge in [-0.25, -0.2) is 4.79 Å². The van der Waals surface area contributed by atoms with Crippen LogP contribution < -0.4 is 15.5 Å². The van der Waals surface area contributed by atoms with E-state index in [1.54, 1.807) is 0 Å². The Morgan fingerprint density at radius 1 is 1.21 bits per heavy atom. The van der Waals surface area contributed by atoms with Crippen molar-refractivity contribution in [2.24, 2.45) is 0 Å². The number of hydrogen-bond acceptors (Lipinski definition) is 10. The van der Waals surface area contributed by atoms with E-state index in [-0.39, 0.29) is 22.8 Å². The lowest BCUT2D eigenvalue weighted by Gasteiger charge is -2.39. The van der Waals surface area contributed by atoms with Crippen molar-refractivity contribution < 1.29 is 44.5 Å². The second-order valence-corrected chi connectivity index (χ2v) is 6.13. The predicted molar refractivity (Wildman–Crippen MR) is 93.4 cm³/mol. The Labute approximate surface area is 159 Å². The Morgan fingerprint density at radius 2 is 1.86 bits per heavy atom. The number of allylic oxidation sites excluding steroid dienone is 1. The summed E-state index contributed by atoms with van der Waals surface area (Å²) in [7, 11) is 0. The van der Waals surface area contributed by atoms with E-state index in [0.717, 1.165) is 6.07 Å². The number of aliphatic hydroxyl groups excluding tert-OH is 4. The maximum Gasteiger partial charge on any atom is 0.336 e. The van der Waals surface area contributed by atoms with Gasteiger partial charge in [0.25, 0.3) is 0 Å². The van der Waals surface area contributed by atoms with Crippen LogP contribution in [0.5, 0.6) is 11.5 Å². The molecule has 10 heteroatoms. The number of phenols is 1. The van der Waals surface area contributed by atoms with Crippen LogP contribution in [-0.4, -0.2) is 62.8 Å². The fourth-order valence-electron chi connectivity index (χ4n) is 2.47. The first-order valence-corrected chi connectivity index (χ1v) is 8.20. The molecule has 3 rings (SSSR count). The van der Waals surface area contributed by atoms with Crippen molar-refractivity contribution in [2.75, 3.05) is 6.61 Å². The summed E-state index contributed by atoms with van der Waals surface area (Å²) in [4.78, 5) is 11.2. The first-order valence-electron chi connectivity index (χ1n) is 8.20. The molecule has 0 bridgehead atoms. The summed E-state index contributed by atoms with van der Waals surface area (Å²) < 4.78 is 15.5. The lowest BCUT2D eigenvalue weighted by molar-refractivity contribution is -0.300. The number of rotatable bonds is 3. The molecule has 5 atom stereocenters. The molecule has 1 aliphatic rings. The average molecular weight is 397 g/mol. The first-order chi connectivity index (χ1) is 13.1. The van der Waals surface area contributed by atoms with Crippen LogP contribution in [0.3, 0.4) is 0 Å². The van der Waals surface area contributed by atoms with Crippen molar-refractivity contribution >= 4 is 11.0 Å². The van der Waals surface area contributed by atoms with Crippen molar-refractivity contribution in [1.29, 1.82) is 0 Å². The summed E-state index contributed by atoms with van der Waals surface area (Å²) in [6.07, 6.45) is -7.27. The number of benzene rings is 1. The van der Waals surface area contributed by atoms with Crippen molar-refractivity contribution in [1.82, 2.24) is 0 Å². The maximum absolute atomic E-state index is 11.2. The quantitative estimate of drug-likeness (QED) is 0.305. The van der Waals surface area contributed by atoms with Gasteiger partial charge in [-0.05, 0) is 12.1 Å². The summed E-state index contributed by atoms with van der Waals surface area (Å²) >= 11 is 0. The topological polar surface area (TPSA) is 173 Å². The Balaban J connectivity index is 0.000000640. The number of aliphatic hydroxyl groups is 4. The highest BCUT2D eigenvalue weighted by Gasteiger charge is 2.44. The molecule has 1 saturated heterocycles. The predicted octanol–water partition coefficient (Wildman–Crippen LogP) is -1.44. The highest BCUT2D eigenvalue weighted by molar-refractivity contribution is 5.80. The molecule has 0 saturated carbocycles. The highest BCUT2D eigenvalue weighted by atomic mass is 16.7. The Hall–Kier alpha value is -2.63. The molecule has 0 aliphatic carbocycles. The number of aromatic hydroxyl groups is 1. The van der Waals surface area contributed by atoms with Gasteiger partial charge in [0.2, 0.25) is 6.29 Å². The van der Waals surface area contributed by atoms with Gasteiger partial charge in [-0.15, -0.1) is 12.3 Å². The molecule has 1 fully saturated rings. The van der Waals surface area contributed by atoms with Crippen LogP contribution in [0.25, 0.3) is 11.0 Å². The van der Waals surface area contributed by atoms with E-state index in [0.29, 0.717) is 5.39 Å². The third kappa shape index (κ3) is 5.00. The lowest BCUT2D eigenvalue weighted by atomic mass is 9.99. The number of phenolic OH excluding ortho intramolecular Hbond substituents is 1. The highest BCUT2D eigenvalue weighted by Crippen LogP contribution is 2.33. The first kappa shape index (κ1) is 21.7. The fraction of sp³-hybridized carbons (Fsp3) is 0.389. The van der Waals surface area contributed by atoms with Gasteiger partial charge in [-0.2, -0.15) is 0 Å². The zero-order chi connectivity index (χ0) is 21.0. The van der Waals surface area contributed by atoms with E-state index in [9.17, 15) is 30.3 Å². The fourth-order valence-corrected chi connectivity index (χ4v) is 2.47. The molecule has 5 N–H and O–H groups in total. The second-order valence-electron chi connectivity index (χ2n) is 6.13. The Kier molecular flexibility index (Phi) is 7.00. The van der Waals surface area contributed by atoms with Crippen LogP contribution in [-0.2, 0) is 4.74 Å². The molecule has 0 radical (unpaired) electrons. The van der Waals surface area contributed by atoms with Gasteiger partial charge >= 0.3 is 5.63 Å². The van der Waals surface area contributed by atoms with Gasteiger partial charge in [0.15, 0.2) is 11.5 Å². The van der Waals surface area contributed by atoms with Crippen LogP contribution in [0.1, 0.15) is 6.92 Å². The molecule has 2 aromatic rings. The molecule has 1 aromatic carbocycles. The normalized spacial score (nSPS) is 27.0. The second kappa shape index (κ2) is 9.04. The minimum atomic E-state index is -1.60. The molecule has 28 heavy (non-hydrogen) atoms. The van der Waals surface area contributed by atoms with Crippen molar-refractivity contribution in [3.63, 3.8) is 0 Å². The molecule has 1 aliphatic heterocycles. The molecule has 0 spiro atoms. The summed E-state index contributed by atoms with van der Waals surface area (Å²) in [5, 5.41) is 58.3. The third-order valence-corrected chi connectivity index (χ3v) is 3.79. The summed E-state index contributed by atoms with van der Waals surface area (Å²) in [5.41, 5.74) is -0.439. The monoisotopic (exact) mass is 397 g/mol. The third-order valence-electron chi connectivity index (χ3n) is 3.79. The van der Waals surface area contributed by atoms with Crippen LogP contribution in [0.15, 0.2) is 45.8 Å². The minimum Gasteiger partial charge on any atom is -0.876 e. The van der Waals surface area contributed by atoms with Crippen LogP contribution in [0.2, 0.25) is 0 Å². The molecule has 0 unspecified atom stereocenters. The van der Waals surface area contributed by atoms with Crippen molar-refractivity contribution in [3.05, 3.63) is 47.0 Å². The van der Waals surface area contributed by atoms with Crippen LogP contribution in [0.4, 0.5) is 0 Å². The lowest BCUT2D eigenvalue weighted by Crippen LogP contribution is -2.60. The zero-order valence-corrected chi connectivity index (χ0v) is 14.9. The molecule has 0 amide bonds. The molecular weight excluding hydrogens is 376 g/mol.